The van der Waals surface area contributed by atoms with Crippen LogP contribution in [0.4, 0.5) is 0 Å². The molecular formula is C9H16N4O2. The molecule has 1 atom stereocenters. The minimum atomic E-state index is -0.378. The molecule has 6 heteroatoms. The summed E-state index contributed by atoms with van der Waals surface area (Å²) < 4.78 is 5.16. The van der Waals surface area contributed by atoms with E-state index in [1.165, 1.54) is 0 Å². The fourth-order valence-corrected chi connectivity index (χ4v) is 1.27. The van der Waals surface area contributed by atoms with Crippen molar-refractivity contribution in [3.8, 4) is 0 Å². The average molecular weight is 212 g/mol. The van der Waals surface area contributed by atoms with E-state index in [0.29, 0.717) is 18.3 Å². The monoisotopic (exact) mass is 212 g/mol. The molecule has 0 spiro atoms. The number of carbonyl (C=O) groups excluding carboxylic acids is 1. The van der Waals surface area contributed by atoms with Gasteiger partial charge in [-0.2, -0.15) is 0 Å². The summed E-state index contributed by atoms with van der Waals surface area (Å²) >= 11 is 0. The molecule has 0 saturated heterocycles. The van der Waals surface area contributed by atoms with Crippen LogP contribution in [0.15, 0.2) is 4.42 Å². The molecule has 0 aromatic carbocycles. The maximum absolute atomic E-state index is 11.1. The van der Waals surface area contributed by atoms with Crippen molar-refractivity contribution in [1.82, 2.24) is 15.5 Å². The van der Waals surface area contributed by atoms with E-state index in [9.17, 15) is 4.79 Å². The Balaban J connectivity index is 2.50. The van der Waals surface area contributed by atoms with Crippen molar-refractivity contribution in [3.05, 3.63) is 11.8 Å². The smallest absolute Gasteiger partial charge is 0.234 e. The number of nitrogens with two attached hydrogens (primary N) is 1. The highest BCUT2D eigenvalue weighted by molar-refractivity contribution is 5.80. The van der Waals surface area contributed by atoms with E-state index in [0.717, 1.165) is 0 Å². The summed E-state index contributed by atoms with van der Waals surface area (Å²) in [4.78, 5) is 11.1. The normalized spacial score (nSPS) is 13.1. The molecule has 0 saturated carbocycles. The zero-order valence-corrected chi connectivity index (χ0v) is 9.15. The molecule has 0 aliphatic rings. The molecule has 1 unspecified atom stereocenters. The van der Waals surface area contributed by atoms with E-state index >= 15 is 0 Å². The molecule has 1 aromatic heterocycles. The van der Waals surface area contributed by atoms with Crippen molar-refractivity contribution < 1.29 is 9.21 Å². The van der Waals surface area contributed by atoms with Crippen LogP contribution in [-0.4, -0.2) is 22.1 Å². The van der Waals surface area contributed by atoms with E-state index in [2.05, 4.69) is 15.5 Å². The van der Waals surface area contributed by atoms with Gasteiger partial charge in [-0.3, -0.25) is 10.1 Å². The topological polar surface area (TPSA) is 94.0 Å². The number of amides is 1. The number of carbonyl (C=O) groups is 1. The minimum absolute atomic E-state index is 0.131. The van der Waals surface area contributed by atoms with E-state index < -0.39 is 0 Å². The van der Waals surface area contributed by atoms with Gasteiger partial charge in [0.2, 0.25) is 17.7 Å². The predicted molar refractivity (Wildman–Crippen MR) is 53.7 cm³/mol. The number of nitrogens with one attached hydrogen (secondary N) is 1. The molecule has 1 heterocycles. The fourth-order valence-electron chi connectivity index (χ4n) is 1.27. The number of nitrogens with zero attached hydrogens (tertiary/aromatic N) is 2. The number of primary amides is 1. The first-order valence-electron chi connectivity index (χ1n) is 4.82. The quantitative estimate of drug-likeness (QED) is 0.715. The van der Waals surface area contributed by atoms with Gasteiger partial charge in [0.15, 0.2) is 0 Å². The van der Waals surface area contributed by atoms with Gasteiger partial charge in [0.05, 0.1) is 12.6 Å². The first-order chi connectivity index (χ1) is 7.00. The summed E-state index contributed by atoms with van der Waals surface area (Å²) in [5.41, 5.74) is 5.24. The highest BCUT2D eigenvalue weighted by Crippen LogP contribution is 2.03. The van der Waals surface area contributed by atoms with Gasteiger partial charge in [-0.15, -0.1) is 10.2 Å². The van der Waals surface area contributed by atoms with Crippen LogP contribution in [0.1, 0.15) is 25.6 Å². The van der Waals surface area contributed by atoms with Crippen molar-refractivity contribution in [2.45, 2.75) is 33.4 Å². The summed E-state index contributed by atoms with van der Waals surface area (Å²) in [7, 11) is 0. The van der Waals surface area contributed by atoms with Gasteiger partial charge in [0.1, 0.15) is 0 Å². The lowest BCUT2D eigenvalue weighted by Crippen LogP contribution is -2.44. The Bertz CT molecular complexity index is 335. The van der Waals surface area contributed by atoms with E-state index in [1.807, 2.05) is 13.8 Å². The van der Waals surface area contributed by atoms with Crippen molar-refractivity contribution in [1.29, 1.82) is 0 Å². The molecule has 0 bridgehead atoms. The van der Waals surface area contributed by atoms with Gasteiger partial charge in [-0.25, -0.2) is 0 Å². The lowest BCUT2D eigenvalue weighted by molar-refractivity contribution is -0.121. The number of rotatable bonds is 5. The molecule has 1 aromatic rings. The fraction of sp³-hybridized carbons (Fsp3) is 0.667. The van der Waals surface area contributed by atoms with Crippen LogP contribution < -0.4 is 11.1 Å². The molecule has 0 radical (unpaired) electrons. The first-order valence-corrected chi connectivity index (χ1v) is 4.82. The summed E-state index contributed by atoms with van der Waals surface area (Å²) in [5.74, 6) is 0.721. The third kappa shape index (κ3) is 3.32. The third-order valence-corrected chi connectivity index (χ3v) is 2.01. The Morgan fingerprint density at radius 3 is 2.60 bits per heavy atom. The third-order valence-electron chi connectivity index (χ3n) is 2.01. The molecule has 84 valence electrons. The van der Waals surface area contributed by atoms with Gasteiger partial charge in [0, 0.05) is 6.92 Å². The Morgan fingerprint density at radius 2 is 2.20 bits per heavy atom. The summed E-state index contributed by atoms with van der Waals surface area (Å²) in [6.07, 6.45) is 0. The van der Waals surface area contributed by atoms with E-state index in [1.54, 1.807) is 6.92 Å². The molecule has 0 aliphatic carbocycles. The Kier molecular flexibility index (Phi) is 3.79. The number of aromatic nitrogens is 2. The number of aryl methyl sites for hydroxylation is 1. The van der Waals surface area contributed by atoms with Crippen LogP contribution in [0.3, 0.4) is 0 Å². The zero-order valence-electron chi connectivity index (χ0n) is 9.15. The van der Waals surface area contributed by atoms with Crippen LogP contribution in [0.5, 0.6) is 0 Å². The van der Waals surface area contributed by atoms with Crippen LogP contribution in [0.25, 0.3) is 0 Å². The average Bonchev–Trinajstić information content (AvgIpc) is 2.50. The largest absolute Gasteiger partial charge is 0.424 e. The van der Waals surface area contributed by atoms with Crippen molar-refractivity contribution in [3.63, 3.8) is 0 Å². The molecule has 6 nitrogen and oxygen atoms in total. The maximum atomic E-state index is 11.1. The number of hydrogen-bond acceptors (Lipinski definition) is 5. The summed E-state index contributed by atoms with van der Waals surface area (Å²) in [5, 5.41) is 10.5. The molecule has 1 amide bonds. The molecule has 3 N–H and O–H groups in total. The lowest BCUT2D eigenvalue weighted by atomic mass is 10.0. The van der Waals surface area contributed by atoms with Gasteiger partial charge < -0.3 is 10.2 Å². The van der Waals surface area contributed by atoms with Crippen LogP contribution in [-0.2, 0) is 11.3 Å². The summed E-state index contributed by atoms with van der Waals surface area (Å²) in [6, 6.07) is -0.378. The Labute approximate surface area is 88.2 Å². The van der Waals surface area contributed by atoms with Crippen molar-refractivity contribution >= 4 is 5.91 Å². The molecule has 0 aliphatic heterocycles. The summed E-state index contributed by atoms with van der Waals surface area (Å²) in [6.45, 7) is 5.90. The highest BCUT2D eigenvalue weighted by Gasteiger charge is 2.19. The maximum Gasteiger partial charge on any atom is 0.234 e. The predicted octanol–water partition coefficient (Wildman–Crippen LogP) is -0.0225. The number of hydrogen-bond donors (Lipinski definition) is 2. The molecule has 15 heavy (non-hydrogen) atoms. The zero-order chi connectivity index (χ0) is 11.4. The van der Waals surface area contributed by atoms with Gasteiger partial charge >= 0.3 is 0 Å². The van der Waals surface area contributed by atoms with E-state index in [-0.39, 0.29) is 17.9 Å². The second-order valence-corrected chi connectivity index (χ2v) is 3.72. The molecule has 1 rings (SSSR count). The second kappa shape index (κ2) is 4.88. The second-order valence-electron chi connectivity index (χ2n) is 3.72. The molecule has 0 fully saturated rings. The van der Waals surface area contributed by atoms with Crippen LogP contribution in [0, 0.1) is 12.8 Å². The van der Waals surface area contributed by atoms with Gasteiger partial charge in [-0.05, 0) is 5.92 Å². The van der Waals surface area contributed by atoms with Crippen LogP contribution in [0.2, 0.25) is 0 Å². The Morgan fingerprint density at radius 1 is 1.53 bits per heavy atom. The standard InChI is InChI=1S/C9H16N4O2/c1-5(2)8(9(10)14)11-4-7-13-12-6(3)15-7/h5,8,11H,4H2,1-3H3,(H2,10,14). The van der Waals surface area contributed by atoms with Crippen LogP contribution >= 0.6 is 0 Å². The van der Waals surface area contributed by atoms with E-state index in [4.69, 9.17) is 10.2 Å². The Hall–Kier alpha value is -1.43. The SMILES string of the molecule is Cc1nnc(CNC(C(N)=O)C(C)C)o1. The van der Waals surface area contributed by atoms with Crippen molar-refractivity contribution in [2.24, 2.45) is 11.7 Å². The first kappa shape index (κ1) is 11.6. The minimum Gasteiger partial charge on any atom is -0.424 e. The molecular weight excluding hydrogens is 196 g/mol. The van der Waals surface area contributed by atoms with Gasteiger partial charge in [0.25, 0.3) is 0 Å². The van der Waals surface area contributed by atoms with Crippen molar-refractivity contribution in [2.75, 3.05) is 0 Å². The van der Waals surface area contributed by atoms with Gasteiger partial charge in [-0.1, -0.05) is 13.8 Å². The highest BCUT2D eigenvalue weighted by atomic mass is 16.4. The lowest BCUT2D eigenvalue weighted by Gasteiger charge is -2.17.